The highest BCUT2D eigenvalue weighted by molar-refractivity contribution is 4.88. The molecule has 184 valence electrons. The molecule has 1 fully saturated rings. The van der Waals surface area contributed by atoms with Gasteiger partial charge in [-0.2, -0.15) is 0 Å². The van der Waals surface area contributed by atoms with Crippen molar-refractivity contribution in [1.29, 1.82) is 0 Å². The van der Waals surface area contributed by atoms with E-state index in [1.165, 1.54) is 89.9 Å². The van der Waals surface area contributed by atoms with Gasteiger partial charge in [0.15, 0.2) is 0 Å². The highest BCUT2D eigenvalue weighted by Gasteiger charge is 2.38. The summed E-state index contributed by atoms with van der Waals surface area (Å²) in [4.78, 5) is 0. The third-order valence-corrected chi connectivity index (χ3v) is 6.27. The minimum Gasteiger partial charge on any atom is -0.394 e. The molecule has 0 aromatic rings. The second kappa shape index (κ2) is 20.2. The summed E-state index contributed by atoms with van der Waals surface area (Å²) < 4.78 is 10.9. The number of allylic oxidation sites excluding steroid dienone is 1. The highest BCUT2D eigenvalue weighted by Crippen LogP contribution is 2.18. The monoisotopic (exact) mass is 442 g/mol. The van der Waals surface area contributed by atoms with Crippen LogP contribution in [0.1, 0.15) is 110 Å². The van der Waals surface area contributed by atoms with E-state index in [2.05, 4.69) is 19.1 Å². The quantitative estimate of drug-likeness (QED) is 0.176. The van der Waals surface area contributed by atoms with Gasteiger partial charge in [-0.3, -0.25) is 0 Å². The molecule has 0 aliphatic carbocycles. The zero-order valence-corrected chi connectivity index (χ0v) is 20.1. The van der Waals surface area contributed by atoms with Crippen molar-refractivity contribution in [1.82, 2.24) is 0 Å². The van der Waals surface area contributed by atoms with Crippen LogP contribution in [0.3, 0.4) is 0 Å². The average molecular weight is 443 g/mol. The van der Waals surface area contributed by atoms with Crippen LogP contribution in [0.4, 0.5) is 0 Å². The first-order valence-corrected chi connectivity index (χ1v) is 13.1. The molecule has 5 nitrogen and oxygen atoms in total. The Kier molecular flexibility index (Phi) is 18.6. The third-order valence-electron chi connectivity index (χ3n) is 6.27. The van der Waals surface area contributed by atoms with Crippen LogP contribution in [0, 0.1) is 0 Å². The van der Waals surface area contributed by atoms with Gasteiger partial charge in [0.05, 0.1) is 19.8 Å². The van der Waals surface area contributed by atoms with E-state index in [0.29, 0.717) is 6.61 Å². The van der Waals surface area contributed by atoms with Crippen LogP contribution < -0.4 is 0 Å². The summed E-state index contributed by atoms with van der Waals surface area (Å²) in [6.07, 6.45) is 22.3. The Bertz CT molecular complexity index is 415. The molecule has 0 saturated carbocycles. The molecule has 4 atom stereocenters. The van der Waals surface area contributed by atoms with Crippen LogP contribution in [-0.2, 0) is 9.47 Å². The van der Waals surface area contributed by atoms with Crippen molar-refractivity contribution in [3.05, 3.63) is 12.2 Å². The van der Waals surface area contributed by atoms with Gasteiger partial charge in [-0.15, -0.1) is 0 Å². The predicted octanol–water partition coefficient (Wildman–Crippen LogP) is 5.30. The lowest BCUT2D eigenvalue weighted by Gasteiger charge is -2.36. The molecule has 0 unspecified atom stereocenters. The number of unbranched alkanes of at least 4 members (excludes halogenated alkanes) is 14. The molecule has 1 rings (SSSR count). The predicted molar refractivity (Wildman–Crippen MR) is 127 cm³/mol. The van der Waals surface area contributed by atoms with Gasteiger partial charge in [-0.05, 0) is 19.3 Å². The maximum Gasteiger partial charge on any atom is 0.111 e. The van der Waals surface area contributed by atoms with Gasteiger partial charge < -0.3 is 24.8 Å². The van der Waals surface area contributed by atoms with E-state index in [0.717, 1.165) is 12.8 Å². The number of aliphatic hydroxyl groups is 3. The molecule has 0 bridgehead atoms. The van der Waals surface area contributed by atoms with Crippen molar-refractivity contribution < 1.29 is 24.8 Å². The number of rotatable bonds is 20. The molecular formula is C26H50O5. The van der Waals surface area contributed by atoms with Gasteiger partial charge in [0.2, 0.25) is 0 Å². The third kappa shape index (κ3) is 14.3. The summed E-state index contributed by atoms with van der Waals surface area (Å²) in [5.41, 5.74) is 0. The SMILES string of the molecule is CCCCCCCCCCCCCCCC/C=C/CCO[C@@H]1CO[C@@H](CO)[C@H](O)[C@H]1O. The Morgan fingerprint density at radius 2 is 1.26 bits per heavy atom. The molecule has 0 radical (unpaired) electrons. The largest absolute Gasteiger partial charge is 0.394 e. The molecular weight excluding hydrogens is 392 g/mol. The first-order valence-electron chi connectivity index (χ1n) is 13.1. The molecule has 1 heterocycles. The number of aliphatic hydroxyl groups excluding tert-OH is 3. The van der Waals surface area contributed by atoms with E-state index < -0.39 is 24.4 Å². The zero-order valence-electron chi connectivity index (χ0n) is 20.1. The van der Waals surface area contributed by atoms with E-state index >= 15 is 0 Å². The fourth-order valence-electron chi connectivity index (χ4n) is 4.14. The first-order chi connectivity index (χ1) is 15.2. The standard InChI is InChI=1S/C26H50O5/c1-2-3-4-5-6-7-8-9-10-11-12-13-14-15-16-17-18-19-20-30-24-22-31-23(21-27)25(28)26(24)29/h17-18,23-29H,2-16,19-22H2,1H3/b18-17+/t23-,24+,25-,26-/m0/s1. The molecule has 1 saturated heterocycles. The summed E-state index contributed by atoms with van der Waals surface area (Å²) in [7, 11) is 0. The van der Waals surface area contributed by atoms with Gasteiger partial charge in [0.25, 0.3) is 0 Å². The van der Waals surface area contributed by atoms with Gasteiger partial charge in [-0.25, -0.2) is 0 Å². The second-order valence-electron chi connectivity index (χ2n) is 9.09. The number of hydrogen-bond donors (Lipinski definition) is 3. The molecule has 0 aromatic carbocycles. The molecule has 0 spiro atoms. The number of hydrogen-bond acceptors (Lipinski definition) is 5. The second-order valence-corrected chi connectivity index (χ2v) is 9.09. The van der Waals surface area contributed by atoms with Gasteiger partial charge >= 0.3 is 0 Å². The van der Waals surface area contributed by atoms with Crippen LogP contribution in [0.15, 0.2) is 12.2 Å². The van der Waals surface area contributed by atoms with E-state index in [-0.39, 0.29) is 13.2 Å². The lowest BCUT2D eigenvalue weighted by molar-refractivity contribution is -0.208. The van der Waals surface area contributed by atoms with Gasteiger partial charge in [-0.1, -0.05) is 103 Å². The van der Waals surface area contributed by atoms with Crippen LogP contribution in [-0.4, -0.2) is 59.6 Å². The molecule has 3 N–H and O–H groups in total. The van der Waals surface area contributed by atoms with Crippen molar-refractivity contribution in [2.24, 2.45) is 0 Å². The van der Waals surface area contributed by atoms with E-state index in [1.54, 1.807) is 0 Å². The smallest absolute Gasteiger partial charge is 0.111 e. The highest BCUT2D eigenvalue weighted by atomic mass is 16.6. The fourth-order valence-corrected chi connectivity index (χ4v) is 4.14. The lowest BCUT2D eigenvalue weighted by Crippen LogP contribution is -2.55. The summed E-state index contributed by atoms with van der Waals surface area (Å²) in [5.74, 6) is 0. The van der Waals surface area contributed by atoms with Crippen LogP contribution in [0.25, 0.3) is 0 Å². The molecule has 5 heteroatoms. The Balaban J connectivity index is 1.82. The Morgan fingerprint density at radius 3 is 1.81 bits per heavy atom. The summed E-state index contributed by atoms with van der Waals surface area (Å²) >= 11 is 0. The maximum atomic E-state index is 10.0. The van der Waals surface area contributed by atoms with Crippen LogP contribution >= 0.6 is 0 Å². The van der Waals surface area contributed by atoms with Gasteiger partial charge in [0, 0.05) is 0 Å². The maximum absolute atomic E-state index is 10.0. The first kappa shape index (κ1) is 28.6. The van der Waals surface area contributed by atoms with Crippen molar-refractivity contribution >= 4 is 0 Å². The minimum atomic E-state index is -1.10. The van der Waals surface area contributed by atoms with Crippen LogP contribution in [0.5, 0.6) is 0 Å². The summed E-state index contributed by atoms with van der Waals surface area (Å²) in [5, 5.41) is 28.9. The fraction of sp³-hybridized carbons (Fsp3) is 0.923. The van der Waals surface area contributed by atoms with Crippen LogP contribution in [0.2, 0.25) is 0 Å². The summed E-state index contributed by atoms with van der Waals surface area (Å²) in [6, 6.07) is 0. The molecule has 1 aliphatic rings. The van der Waals surface area contributed by atoms with Crippen molar-refractivity contribution in [3.8, 4) is 0 Å². The average Bonchev–Trinajstić information content (AvgIpc) is 2.78. The van der Waals surface area contributed by atoms with Crippen molar-refractivity contribution in [2.45, 2.75) is 134 Å². The lowest BCUT2D eigenvalue weighted by atomic mass is 10.0. The normalized spacial score (nSPS) is 24.3. The Hall–Kier alpha value is -0.460. The van der Waals surface area contributed by atoms with Crippen molar-refractivity contribution in [3.63, 3.8) is 0 Å². The molecule has 0 aromatic heterocycles. The van der Waals surface area contributed by atoms with Gasteiger partial charge in [0.1, 0.15) is 24.4 Å². The molecule has 31 heavy (non-hydrogen) atoms. The zero-order chi connectivity index (χ0) is 22.6. The van der Waals surface area contributed by atoms with E-state index in [4.69, 9.17) is 14.6 Å². The molecule has 1 aliphatic heterocycles. The summed E-state index contributed by atoms with van der Waals surface area (Å²) in [6.45, 7) is 2.68. The molecule has 0 amide bonds. The topological polar surface area (TPSA) is 79.2 Å². The number of ether oxygens (including phenoxy) is 2. The van der Waals surface area contributed by atoms with Crippen molar-refractivity contribution in [2.75, 3.05) is 19.8 Å². The Labute approximate surface area is 191 Å². The van der Waals surface area contributed by atoms with E-state index in [1.807, 2.05) is 0 Å². The minimum absolute atomic E-state index is 0.201. The Morgan fingerprint density at radius 1 is 0.742 bits per heavy atom. The van der Waals surface area contributed by atoms with E-state index in [9.17, 15) is 10.2 Å².